The van der Waals surface area contributed by atoms with Crippen LogP contribution in [0.1, 0.15) is 62.6 Å². The molecule has 0 aromatic heterocycles. The molecule has 0 heterocycles. The van der Waals surface area contributed by atoms with Gasteiger partial charge in [0, 0.05) is 6.04 Å². The third-order valence-corrected chi connectivity index (χ3v) is 4.32. The van der Waals surface area contributed by atoms with Gasteiger partial charge in [0.15, 0.2) is 0 Å². The molecule has 1 fully saturated rings. The van der Waals surface area contributed by atoms with Crippen molar-refractivity contribution in [3.8, 4) is 0 Å². The molecule has 1 atom stereocenters. The van der Waals surface area contributed by atoms with Crippen LogP contribution in [0.2, 0.25) is 0 Å². The topological polar surface area (TPSA) is 12.0 Å². The number of rotatable bonds is 6. The van der Waals surface area contributed by atoms with Crippen molar-refractivity contribution in [1.29, 1.82) is 0 Å². The Bertz CT molecular complexity index is 419. The first-order valence-electron chi connectivity index (χ1n) is 7.91. The minimum absolute atomic E-state index is 0.176. The Hall–Kier alpha value is -1.03. The van der Waals surface area contributed by atoms with Crippen molar-refractivity contribution in [2.75, 3.05) is 6.54 Å². The maximum atomic E-state index is 12.6. The molecule has 1 unspecified atom stereocenters. The molecule has 118 valence electrons. The summed E-state index contributed by atoms with van der Waals surface area (Å²) >= 11 is 0. The number of nitrogens with one attached hydrogen (secondary N) is 1. The van der Waals surface area contributed by atoms with Crippen LogP contribution < -0.4 is 5.32 Å². The molecule has 1 N–H and O–H groups in total. The second kappa shape index (κ2) is 7.30. The van der Waals surface area contributed by atoms with E-state index in [-0.39, 0.29) is 6.04 Å². The van der Waals surface area contributed by atoms with Gasteiger partial charge in [0.2, 0.25) is 0 Å². The molecule has 4 heteroatoms. The summed E-state index contributed by atoms with van der Waals surface area (Å²) in [6.45, 7) is 3.00. The Morgan fingerprint density at radius 1 is 1.14 bits per heavy atom. The fourth-order valence-corrected chi connectivity index (χ4v) is 3.14. The van der Waals surface area contributed by atoms with E-state index in [2.05, 4.69) is 12.2 Å². The van der Waals surface area contributed by atoms with E-state index in [0.29, 0.717) is 5.92 Å². The molecule has 0 saturated heterocycles. The normalized spacial score (nSPS) is 18.1. The summed E-state index contributed by atoms with van der Waals surface area (Å²) in [6, 6.07) is 5.83. The van der Waals surface area contributed by atoms with Crippen molar-refractivity contribution in [1.82, 2.24) is 5.32 Å². The molecule has 1 aromatic carbocycles. The highest BCUT2D eigenvalue weighted by Crippen LogP contribution is 2.34. The maximum absolute atomic E-state index is 12.6. The molecule has 1 aromatic rings. The van der Waals surface area contributed by atoms with Crippen LogP contribution in [-0.2, 0) is 6.18 Å². The van der Waals surface area contributed by atoms with Crippen molar-refractivity contribution in [3.05, 3.63) is 35.4 Å². The summed E-state index contributed by atoms with van der Waals surface area (Å²) in [5.41, 5.74) is 0.407. The number of hydrogen-bond acceptors (Lipinski definition) is 1. The number of halogens is 3. The van der Waals surface area contributed by atoms with Crippen molar-refractivity contribution in [2.24, 2.45) is 5.92 Å². The maximum Gasteiger partial charge on any atom is 0.416 e. The van der Waals surface area contributed by atoms with Crippen LogP contribution in [0.5, 0.6) is 0 Å². The Morgan fingerprint density at radius 3 is 2.29 bits per heavy atom. The predicted molar refractivity (Wildman–Crippen MR) is 79.1 cm³/mol. The van der Waals surface area contributed by atoms with Crippen LogP contribution in [-0.4, -0.2) is 6.54 Å². The van der Waals surface area contributed by atoms with Gasteiger partial charge in [-0.1, -0.05) is 44.7 Å². The zero-order chi connectivity index (χ0) is 15.3. The Kier molecular flexibility index (Phi) is 5.68. The van der Waals surface area contributed by atoms with Crippen molar-refractivity contribution < 1.29 is 13.2 Å². The number of hydrogen-bond donors (Lipinski definition) is 1. The van der Waals surface area contributed by atoms with Gasteiger partial charge < -0.3 is 5.32 Å². The molecule has 1 aliphatic carbocycles. The summed E-state index contributed by atoms with van der Waals surface area (Å²) < 4.78 is 37.9. The lowest BCUT2D eigenvalue weighted by atomic mass is 9.93. The van der Waals surface area contributed by atoms with Gasteiger partial charge in [-0.25, -0.2) is 0 Å². The van der Waals surface area contributed by atoms with Crippen LogP contribution in [0.25, 0.3) is 0 Å². The largest absolute Gasteiger partial charge is 0.416 e. The van der Waals surface area contributed by atoms with Crippen LogP contribution >= 0.6 is 0 Å². The fourth-order valence-electron chi connectivity index (χ4n) is 3.14. The molecule has 1 saturated carbocycles. The molecule has 0 aliphatic heterocycles. The van der Waals surface area contributed by atoms with Gasteiger partial charge in [-0.3, -0.25) is 0 Å². The molecule has 0 spiro atoms. The van der Waals surface area contributed by atoms with E-state index >= 15 is 0 Å². The van der Waals surface area contributed by atoms with Crippen molar-refractivity contribution >= 4 is 0 Å². The standard InChI is InChI=1S/C17H24F3N/c1-2-11-21-16(12-13-5-3-4-6-13)14-7-9-15(10-8-14)17(18,19)20/h7-10,13,16,21H,2-6,11-12H2,1H3. The molecule has 21 heavy (non-hydrogen) atoms. The third-order valence-electron chi connectivity index (χ3n) is 4.32. The molecule has 1 aliphatic rings. The monoisotopic (exact) mass is 299 g/mol. The summed E-state index contributed by atoms with van der Waals surface area (Å²) in [4.78, 5) is 0. The highest BCUT2D eigenvalue weighted by atomic mass is 19.4. The SMILES string of the molecule is CCCNC(CC1CCCC1)c1ccc(C(F)(F)F)cc1. The van der Waals surface area contributed by atoms with Gasteiger partial charge in [0.25, 0.3) is 0 Å². The summed E-state index contributed by atoms with van der Waals surface area (Å²) in [6.07, 6.45) is 2.90. The molecule has 0 amide bonds. The number of alkyl halides is 3. The van der Waals surface area contributed by atoms with E-state index in [0.717, 1.165) is 24.9 Å². The van der Waals surface area contributed by atoms with Gasteiger partial charge >= 0.3 is 6.18 Å². The Balaban J connectivity index is 2.07. The lowest BCUT2D eigenvalue weighted by molar-refractivity contribution is -0.137. The third kappa shape index (κ3) is 4.73. The zero-order valence-electron chi connectivity index (χ0n) is 12.5. The average Bonchev–Trinajstić information content (AvgIpc) is 2.95. The number of benzene rings is 1. The molecule has 0 radical (unpaired) electrons. The van der Waals surface area contributed by atoms with E-state index in [4.69, 9.17) is 0 Å². The van der Waals surface area contributed by atoms with Crippen LogP contribution in [0.4, 0.5) is 13.2 Å². The lowest BCUT2D eigenvalue weighted by Crippen LogP contribution is -2.24. The Labute approximate surface area is 124 Å². The van der Waals surface area contributed by atoms with Crippen molar-refractivity contribution in [3.63, 3.8) is 0 Å². The average molecular weight is 299 g/mol. The van der Waals surface area contributed by atoms with Crippen LogP contribution in [0.3, 0.4) is 0 Å². The van der Waals surface area contributed by atoms with Gasteiger partial charge in [0.05, 0.1) is 5.56 Å². The molecular weight excluding hydrogens is 275 g/mol. The lowest BCUT2D eigenvalue weighted by Gasteiger charge is -2.23. The van der Waals surface area contributed by atoms with Crippen LogP contribution in [0.15, 0.2) is 24.3 Å². The molecule has 1 nitrogen and oxygen atoms in total. The van der Waals surface area contributed by atoms with Gasteiger partial charge in [-0.15, -0.1) is 0 Å². The molecular formula is C17H24F3N. The molecule has 2 rings (SSSR count). The van der Waals surface area contributed by atoms with Gasteiger partial charge in [-0.2, -0.15) is 13.2 Å². The summed E-state index contributed by atoms with van der Waals surface area (Å²) in [5.74, 6) is 0.710. The van der Waals surface area contributed by atoms with Crippen LogP contribution in [0, 0.1) is 5.92 Å². The van der Waals surface area contributed by atoms with Gasteiger partial charge in [0.1, 0.15) is 0 Å². The second-order valence-corrected chi connectivity index (χ2v) is 6.01. The van der Waals surface area contributed by atoms with Gasteiger partial charge in [-0.05, 0) is 43.0 Å². The highest BCUT2D eigenvalue weighted by Gasteiger charge is 2.30. The fraction of sp³-hybridized carbons (Fsp3) is 0.647. The zero-order valence-corrected chi connectivity index (χ0v) is 12.5. The van der Waals surface area contributed by atoms with E-state index in [1.165, 1.54) is 37.8 Å². The smallest absolute Gasteiger partial charge is 0.310 e. The minimum atomic E-state index is -4.25. The van der Waals surface area contributed by atoms with Crippen molar-refractivity contribution in [2.45, 2.75) is 57.7 Å². The minimum Gasteiger partial charge on any atom is -0.310 e. The highest BCUT2D eigenvalue weighted by molar-refractivity contribution is 5.27. The molecule has 0 bridgehead atoms. The summed E-state index contributed by atoms with van der Waals surface area (Å²) in [7, 11) is 0. The first kappa shape index (κ1) is 16.3. The second-order valence-electron chi connectivity index (χ2n) is 6.01. The predicted octanol–water partition coefficient (Wildman–Crippen LogP) is 5.33. The van der Waals surface area contributed by atoms with E-state index < -0.39 is 11.7 Å². The Morgan fingerprint density at radius 2 is 1.76 bits per heavy atom. The van der Waals surface area contributed by atoms with E-state index in [1.807, 2.05) is 0 Å². The quantitative estimate of drug-likeness (QED) is 0.749. The van der Waals surface area contributed by atoms with E-state index in [9.17, 15) is 13.2 Å². The first-order valence-corrected chi connectivity index (χ1v) is 7.91. The first-order chi connectivity index (χ1) is 10.0. The van der Waals surface area contributed by atoms with E-state index in [1.54, 1.807) is 12.1 Å². The summed E-state index contributed by atoms with van der Waals surface area (Å²) in [5, 5.41) is 3.49.